The Kier molecular flexibility index (Phi) is 4.72. The summed E-state index contributed by atoms with van der Waals surface area (Å²) in [6.45, 7) is 4.24. The van der Waals surface area contributed by atoms with Crippen LogP contribution in [0.4, 0.5) is 0 Å². The van der Waals surface area contributed by atoms with Gasteiger partial charge in [-0.3, -0.25) is 0 Å². The van der Waals surface area contributed by atoms with Crippen molar-refractivity contribution in [3.8, 4) is 0 Å². The van der Waals surface area contributed by atoms with Crippen molar-refractivity contribution in [2.45, 2.75) is 32.7 Å². The van der Waals surface area contributed by atoms with Crippen LogP contribution in [0.1, 0.15) is 31.7 Å². The highest BCUT2D eigenvalue weighted by Crippen LogP contribution is 2.29. The molecular formula is C14H19Cl2N. The molecule has 2 unspecified atom stereocenters. The zero-order chi connectivity index (χ0) is 12.3. The zero-order valence-corrected chi connectivity index (χ0v) is 11.7. The van der Waals surface area contributed by atoms with Crippen molar-refractivity contribution in [3.05, 3.63) is 33.8 Å². The second-order valence-corrected chi connectivity index (χ2v) is 5.99. The van der Waals surface area contributed by atoms with Crippen molar-refractivity contribution in [3.63, 3.8) is 0 Å². The third-order valence-corrected chi connectivity index (χ3v) is 4.16. The van der Waals surface area contributed by atoms with Gasteiger partial charge in [-0.05, 0) is 55.0 Å². The van der Waals surface area contributed by atoms with E-state index in [4.69, 9.17) is 23.2 Å². The molecule has 1 aromatic rings. The van der Waals surface area contributed by atoms with Gasteiger partial charge < -0.3 is 5.32 Å². The van der Waals surface area contributed by atoms with Crippen LogP contribution in [0, 0.1) is 11.8 Å². The van der Waals surface area contributed by atoms with Gasteiger partial charge in [0.05, 0.1) is 0 Å². The van der Waals surface area contributed by atoms with Crippen LogP contribution in [0.15, 0.2) is 18.2 Å². The van der Waals surface area contributed by atoms with E-state index in [1.807, 2.05) is 18.2 Å². The molecule has 94 valence electrons. The zero-order valence-electron chi connectivity index (χ0n) is 10.2. The van der Waals surface area contributed by atoms with Gasteiger partial charge in [0.15, 0.2) is 0 Å². The van der Waals surface area contributed by atoms with Crippen LogP contribution in [-0.2, 0) is 6.54 Å². The maximum atomic E-state index is 6.12. The summed E-state index contributed by atoms with van der Waals surface area (Å²) in [5, 5.41) is 5.03. The van der Waals surface area contributed by atoms with Gasteiger partial charge in [0.25, 0.3) is 0 Å². The Bertz CT molecular complexity index is 378. The molecule has 0 aliphatic heterocycles. The van der Waals surface area contributed by atoms with E-state index in [9.17, 15) is 0 Å². The van der Waals surface area contributed by atoms with E-state index in [-0.39, 0.29) is 0 Å². The van der Waals surface area contributed by atoms with Crippen molar-refractivity contribution in [2.24, 2.45) is 11.8 Å². The molecule has 1 nitrogen and oxygen atoms in total. The monoisotopic (exact) mass is 271 g/mol. The minimum Gasteiger partial charge on any atom is -0.312 e. The average Bonchev–Trinajstić information content (AvgIpc) is 2.69. The molecule has 2 atom stereocenters. The minimum atomic E-state index is 0.751. The van der Waals surface area contributed by atoms with Gasteiger partial charge in [0.2, 0.25) is 0 Å². The predicted octanol–water partition coefficient (Wildman–Crippen LogP) is 4.52. The van der Waals surface area contributed by atoms with E-state index in [1.165, 1.54) is 19.3 Å². The molecule has 0 spiro atoms. The van der Waals surface area contributed by atoms with E-state index in [2.05, 4.69) is 12.2 Å². The Morgan fingerprint density at radius 3 is 2.82 bits per heavy atom. The summed E-state index contributed by atoms with van der Waals surface area (Å²) in [7, 11) is 0. The van der Waals surface area contributed by atoms with Gasteiger partial charge in [-0.15, -0.1) is 0 Å². The predicted molar refractivity (Wildman–Crippen MR) is 74.7 cm³/mol. The Morgan fingerprint density at radius 2 is 2.12 bits per heavy atom. The minimum absolute atomic E-state index is 0.751. The van der Waals surface area contributed by atoms with E-state index >= 15 is 0 Å². The summed E-state index contributed by atoms with van der Waals surface area (Å²) < 4.78 is 0. The quantitative estimate of drug-likeness (QED) is 0.849. The number of halogens is 2. The lowest BCUT2D eigenvalue weighted by molar-refractivity contribution is 0.471. The fraction of sp³-hybridized carbons (Fsp3) is 0.571. The Morgan fingerprint density at radius 1 is 1.29 bits per heavy atom. The first-order valence-corrected chi connectivity index (χ1v) is 7.05. The molecule has 0 amide bonds. The molecule has 1 aliphatic carbocycles. The van der Waals surface area contributed by atoms with E-state index in [0.29, 0.717) is 0 Å². The highest BCUT2D eigenvalue weighted by Gasteiger charge is 2.20. The van der Waals surface area contributed by atoms with E-state index < -0.39 is 0 Å². The summed E-state index contributed by atoms with van der Waals surface area (Å²) in [5.41, 5.74) is 1.09. The third-order valence-electron chi connectivity index (χ3n) is 3.56. The maximum absolute atomic E-state index is 6.12. The first kappa shape index (κ1) is 13.2. The molecule has 17 heavy (non-hydrogen) atoms. The average molecular weight is 272 g/mol. The summed E-state index contributed by atoms with van der Waals surface area (Å²) in [5.74, 6) is 1.74. The normalized spacial score (nSPS) is 24.2. The number of hydrogen-bond acceptors (Lipinski definition) is 1. The smallest absolute Gasteiger partial charge is 0.0451 e. The lowest BCUT2D eigenvalue weighted by Gasteiger charge is -2.12. The summed E-state index contributed by atoms with van der Waals surface area (Å²) >= 11 is 12.1. The molecule has 1 fully saturated rings. The first-order chi connectivity index (χ1) is 8.15. The molecule has 0 aromatic heterocycles. The molecule has 0 radical (unpaired) electrons. The number of benzene rings is 1. The van der Waals surface area contributed by atoms with E-state index in [1.54, 1.807) is 0 Å². The summed E-state index contributed by atoms with van der Waals surface area (Å²) in [4.78, 5) is 0. The fourth-order valence-electron chi connectivity index (χ4n) is 2.60. The first-order valence-electron chi connectivity index (χ1n) is 6.30. The van der Waals surface area contributed by atoms with Crippen molar-refractivity contribution in [2.75, 3.05) is 6.54 Å². The van der Waals surface area contributed by atoms with Crippen LogP contribution in [0.25, 0.3) is 0 Å². The molecule has 1 saturated carbocycles. The maximum Gasteiger partial charge on any atom is 0.0451 e. The molecule has 0 saturated heterocycles. The molecule has 2 rings (SSSR count). The van der Waals surface area contributed by atoms with Gasteiger partial charge in [-0.2, -0.15) is 0 Å². The molecule has 1 aliphatic rings. The SMILES string of the molecule is CC1CCC(CNCc2cc(Cl)ccc2Cl)C1. The van der Waals surface area contributed by atoms with E-state index in [0.717, 1.165) is 40.5 Å². The van der Waals surface area contributed by atoms with Crippen molar-refractivity contribution in [1.29, 1.82) is 0 Å². The van der Waals surface area contributed by atoms with Crippen LogP contribution in [-0.4, -0.2) is 6.54 Å². The number of rotatable bonds is 4. The number of nitrogens with one attached hydrogen (secondary N) is 1. The lowest BCUT2D eigenvalue weighted by Crippen LogP contribution is -2.21. The lowest BCUT2D eigenvalue weighted by atomic mass is 10.1. The Labute approximate surface area is 114 Å². The van der Waals surface area contributed by atoms with Crippen molar-refractivity contribution < 1.29 is 0 Å². The summed E-state index contributed by atoms with van der Waals surface area (Å²) in [6.07, 6.45) is 4.10. The highest BCUT2D eigenvalue weighted by molar-refractivity contribution is 6.33. The van der Waals surface area contributed by atoms with Crippen LogP contribution in [0.3, 0.4) is 0 Å². The second-order valence-electron chi connectivity index (χ2n) is 5.15. The highest BCUT2D eigenvalue weighted by atomic mass is 35.5. The molecule has 3 heteroatoms. The van der Waals surface area contributed by atoms with Crippen molar-refractivity contribution >= 4 is 23.2 Å². The molecular weight excluding hydrogens is 253 g/mol. The summed E-state index contributed by atoms with van der Waals surface area (Å²) in [6, 6.07) is 5.62. The molecule has 0 bridgehead atoms. The van der Waals surface area contributed by atoms with Gasteiger partial charge in [-0.1, -0.05) is 36.5 Å². The van der Waals surface area contributed by atoms with Crippen LogP contribution in [0.2, 0.25) is 10.0 Å². The standard InChI is InChI=1S/C14H19Cl2N/c1-10-2-3-11(6-10)8-17-9-12-7-13(15)4-5-14(12)16/h4-5,7,10-11,17H,2-3,6,8-9H2,1H3. The van der Waals surface area contributed by atoms with Crippen LogP contribution < -0.4 is 5.32 Å². The third kappa shape index (κ3) is 3.87. The van der Waals surface area contributed by atoms with Crippen molar-refractivity contribution in [1.82, 2.24) is 5.32 Å². The fourth-order valence-corrected chi connectivity index (χ4v) is 2.98. The Balaban J connectivity index is 1.80. The van der Waals surface area contributed by atoms with Gasteiger partial charge in [0.1, 0.15) is 0 Å². The molecule has 1 N–H and O–H groups in total. The van der Waals surface area contributed by atoms with Gasteiger partial charge in [0, 0.05) is 16.6 Å². The van der Waals surface area contributed by atoms with Gasteiger partial charge in [-0.25, -0.2) is 0 Å². The van der Waals surface area contributed by atoms with Crippen LogP contribution >= 0.6 is 23.2 Å². The second kappa shape index (κ2) is 6.08. The Hall–Kier alpha value is -0.240. The largest absolute Gasteiger partial charge is 0.312 e. The molecule has 1 aromatic carbocycles. The van der Waals surface area contributed by atoms with Gasteiger partial charge >= 0.3 is 0 Å². The van der Waals surface area contributed by atoms with Crippen LogP contribution in [0.5, 0.6) is 0 Å². The number of hydrogen-bond donors (Lipinski definition) is 1. The topological polar surface area (TPSA) is 12.0 Å². The molecule has 0 heterocycles.